The first kappa shape index (κ1) is 9.55. The minimum Gasteiger partial charge on any atom is -0.302 e. The van der Waals surface area contributed by atoms with Crippen LogP contribution in [0.5, 0.6) is 0 Å². The molecule has 70 valence electrons. The summed E-state index contributed by atoms with van der Waals surface area (Å²) in [6.07, 6.45) is 3.08. The Kier molecular flexibility index (Phi) is 2.62. The van der Waals surface area contributed by atoms with Crippen LogP contribution < -0.4 is 0 Å². The van der Waals surface area contributed by atoms with Gasteiger partial charge in [0, 0.05) is 39.2 Å². The van der Waals surface area contributed by atoms with Crippen LogP contribution in [0.2, 0.25) is 0 Å². The second kappa shape index (κ2) is 3.29. The van der Waals surface area contributed by atoms with Crippen molar-refractivity contribution in [2.75, 3.05) is 13.6 Å². The van der Waals surface area contributed by atoms with E-state index in [0.29, 0.717) is 11.5 Å². The third-order valence-electron chi connectivity index (χ3n) is 3.55. The summed E-state index contributed by atoms with van der Waals surface area (Å²) in [5.74, 6) is 0. The molecule has 2 rings (SSSR count). The molecule has 0 aromatic heterocycles. The highest BCUT2D eigenvalue weighted by Crippen LogP contribution is 2.54. The van der Waals surface area contributed by atoms with Crippen LogP contribution in [-0.2, 0) is 4.18 Å². The standard InChI is InChI=1S/C8H14INOS/c1-6-8(5-10(6)2)3-7(4-8)11-12-9/h6-7H,3-5H2,1-2H3. The molecule has 1 spiro atoms. The maximum absolute atomic E-state index is 5.48. The molecule has 0 aromatic carbocycles. The zero-order valence-electron chi connectivity index (χ0n) is 7.42. The first-order valence-corrected chi connectivity index (χ1v) is 7.61. The predicted molar refractivity (Wildman–Crippen MR) is 60.2 cm³/mol. The van der Waals surface area contributed by atoms with E-state index in [1.807, 2.05) is 0 Å². The summed E-state index contributed by atoms with van der Waals surface area (Å²) >= 11 is 2.20. The largest absolute Gasteiger partial charge is 0.302 e. The number of halogens is 1. The molecule has 2 aliphatic rings. The van der Waals surface area contributed by atoms with Crippen LogP contribution >= 0.6 is 30.4 Å². The molecule has 1 heterocycles. The van der Waals surface area contributed by atoms with Crippen LogP contribution in [0.25, 0.3) is 0 Å². The van der Waals surface area contributed by atoms with Crippen LogP contribution in [0.1, 0.15) is 19.8 Å². The SMILES string of the molecule is CC1N(C)CC12CC(OSI)C2. The van der Waals surface area contributed by atoms with Gasteiger partial charge >= 0.3 is 0 Å². The summed E-state index contributed by atoms with van der Waals surface area (Å²) in [7, 11) is 3.68. The Morgan fingerprint density at radius 2 is 2.25 bits per heavy atom. The second-order valence-electron chi connectivity index (χ2n) is 4.14. The fourth-order valence-electron chi connectivity index (χ4n) is 2.56. The molecule has 1 unspecified atom stereocenters. The van der Waals surface area contributed by atoms with Crippen LogP contribution in [0.3, 0.4) is 0 Å². The normalized spacial score (nSPS) is 47.2. The van der Waals surface area contributed by atoms with Gasteiger partial charge in [-0.3, -0.25) is 0 Å². The predicted octanol–water partition coefficient (Wildman–Crippen LogP) is 2.48. The van der Waals surface area contributed by atoms with E-state index in [0.717, 1.165) is 6.04 Å². The van der Waals surface area contributed by atoms with Crippen molar-refractivity contribution in [1.29, 1.82) is 0 Å². The van der Waals surface area contributed by atoms with Gasteiger partial charge in [0.2, 0.25) is 0 Å². The van der Waals surface area contributed by atoms with Crippen molar-refractivity contribution in [3.05, 3.63) is 0 Å². The molecule has 2 fully saturated rings. The molecule has 1 saturated heterocycles. The first-order chi connectivity index (χ1) is 5.68. The van der Waals surface area contributed by atoms with Crippen LogP contribution in [0.4, 0.5) is 0 Å². The maximum atomic E-state index is 5.48. The Hall–Kier alpha value is 1.00. The van der Waals surface area contributed by atoms with Crippen LogP contribution in [0.15, 0.2) is 0 Å². The molecular formula is C8H14INOS. The third kappa shape index (κ3) is 1.31. The first-order valence-electron chi connectivity index (χ1n) is 4.32. The van der Waals surface area contributed by atoms with Gasteiger partial charge in [0.1, 0.15) is 0 Å². The van der Waals surface area contributed by atoms with Gasteiger partial charge in [0.25, 0.3) is 0 Å². The monoisotopic (exact) mass is 299 g/mol. The van der Waals surface area contributed by atoms with Crippen molar-refractivity contribution in [2.24, 2.45) is 5.41 Å². The lowest BCUT2D eigenvalue weighted by Gasteiger charge is -2.62. The van der Waals surface area contributed by atoms with E-state index in [4.69, 9.17) is 4.18 Å². The maximum Gasteiger partial charge on any atom is 0.0744 e. The number of nitrogens with zero attached hydrogens (tertiary/aromatic N) is 1. The molecule has 0 bridgehead atoms. The topological polar surface area (TPSA) is 12.5 Å². The molecule has 0 aromatic rings. The quantitative estimate of drug-likeness (QED) is 0.574. The number of hydrogen-bond acceptors (Lipinski definition) is 3. The van der Waals surface area contributed by atoms with Crippen molar-refractivity contribution < 1.29 is 4.18 Å². The highest BCUT2D eigenvalue weighted by atomic mass is 127. The molecule has 1 aliphatic heterocycles. The Morgan fingerprint density at radius 1 is 1.58 bits per heavy atom. The van der Waals surface area contributed by atoms with Crippen molar-refractivity contribution in [2.45, 2.75) is 31.9 Å². The molecule has 0 N–H and O–H groups in total. The summed E-state index contributed by atoms with van der Waals surface area (Å²) < 4.78 is 5.48. The van der Waals surface area contributed by atoms with Gasteiger partial charge in [-0.15, -0.1) is 0 Å². The Balaban J connectivity index is 1.80. The Bertz CT molecular complexity index is 184. The van der Waals surface area contributed by atoms with Crippen molar-refractivity contribution in [1.82, 2.24) is 4.90 Å². The van der Waals surface area contributed by atoms with Crippen LogP contribution in [-0.4, -0.2) is 30.6 Å². The summed E-state index contributed by atoms with van der Waals surface area (Å²) in [6.45, 7) is 3.61. The van der Waals surface area contributed by atoms with Gasteiger partial charge in [-0.1, -0.05) is 0 Å². The van der Waals surface area contributed by atoms with Crippen molar-refractivity contribution >= 4 is 30.4 Å². The van der Waals surface area contributed by atoms with Crippen LogP contribution in [0, 0.1) is 5.41 Å². The molecule has 1 atom stereocenters. The summed E-state index contributed by atoms with van der Waals surface area (Å²) in [6, 6.07) is 0.775. The van der Waals surface area contributed by atoms with Gasteiger partial charge < -0.3 is 9.08 Å². The van der Waals surface area contributed by atoms with Gasteiger partial charge in [-0.05, 0) is 26.8 Å². The number of likely N-dealkylation sites (tertiary alicyclic amines) is 1. The van der Waals surface area contributed by atoms with Gasteiger partial charge in [-0.2, -0.15) is 0 Å². The molecule has 2 nitrogen and oxygen atoms in total. The average Bonchev–Trinajstić information content (AvgIpc) is 2.00. The Labute approximate surface area is 90.2 Å². The van der Waals surface area contributed by atoms with Gasteiger partial charge in [0.05, 0.1) is 15.3 Å². The Morgan fingerprint density at radius 3 is 2.67 bits per heavy atom. The zero-order chi connectivity index (χ0) is 8.77. The smallest absolute Gasteiger partial charge is 0.0744 e. The summed E-state index contributed by atoms with van der Waals surface area (Å²) in [5, 5.41) is 0. The molecule has 0 amide bonds. The number of rotatable bonds is 2. The second-order valence-corrected chi connectivity index (χ2v) is 5.54. The summed E-state index contributed by atoms with van der Waals surface area (Å²) in [5.41, 5.74) is 0.631. The fraction of sp³-hybridized carbons (Fsp3) is 1.00. The van der Waals surface area contributed by atoms with E-state index < -0.39 is 0 Å². The molecule has 4 heteroatoms. The average molecular weight is 299 g/mol. The molecule has 1 aliphatic carbocycles. The van der Waals surface area contributed by atoms with E-state index in [1.165, 1.54) is 28.6 Å². The lowest BCUT2D eigenvalue weighted by atomic mass is 9.57. The van der Waals surface area contributed by atoms with Gasteiger partial charge in [-0.25, -0.2) is 0 Å². The highest BCUT2D eigenvalue weighted by molar-refractivity contribution is 14.2. The number of hydrogen-bond donors (Lipinski definition) is 0. The van der Waals surface area contributed by atoms with E-state index >= 15 is 0 Å². The lowest BCUT2D eigenvalue weighted by Crippen LogP contribution is -2.68. The van der Waals surface area contributed by atoms with Crippen molar-refractivity contribution in [3.63, 3.8) is 0 Å². The van der Waals surface area contributed by atoms with E-state index in [-0.39, 0.29) is 0 Å². The molecule has 1 saturated carbocycles. The lowest BCUT2D eigenvalue weighted by molar-refractivity contribution is -0.147. The minimum absolute atomic E-state index is 0.531. The van der Waals surface area contributed by atoms with E-state index in [1.54, 1.807) is 0 Å². The molecular weight excluding hydrogens is 285 g/mol. The third-order valence-corrected chi connectivity index (χ3v) is 4.52. The van der Waals surface area contributed by atoms with E-state index in [2.05, 4.69) is 40.1 Å². The molecule has 0 radical (unpaired) electrons. The van der Waals surface area contributed by atoms with Crippen molar-refractivity contribution in [3.8, 4) is 0 Å². The molecule has 12 heavy (non-hydrogen) atoms. The minimum atomic E-state index is 0.531. The summed E-state index contributed by atoms with van der Waals surface area (Å²) in [4.78, 5) is 2.42. The van der Waals surface area contributed by atoms with E-state index in [9.17, 15) is 0 Å². The highest BCUT2D eigenvalue weighted by Gasteiger charge is 2.56. The zero-order valence-corrected chi connectivity index (χ0v) is 10.4. The fourth-order valence-corrected chi connectivity index (χ4v) is 3.68. The van der Waals surface area contributed by atoms with Gasteiger partial charge in [0.15, 0.2) is 0 Å².